The molecule has 1 aromatic heterocycles. The second-order valence-corrected chi connectivity index (χ2v) is 11.5. The maximum Gasteiger partial charge on any atom is 0.309 e. The van der Waals surface area contributed by atoms with E-state index in [1.807, 2.05) is 46.1 Å². The Labute approximate surface area is 212 Å². The van der Waals surface area contributed by atoms with Gasteiger partial charge < -0.3 is 9.84 Å². The van der Waals surface area contributed by atoms with Gasteiger partial charge in [0.15, 0.2) is 0 Å². The molecule has 1 rings (SSSR count). The van der Waals surface area contributed by atoms with E-state index < -0.39 is 17.5 Å². The Morgan fingerprint density at radius 2 is 1.94 bits per heavy atom. The number of aryl methyl sites for hydroxylation is 1. The average Bonchev–Trinajstić information content (AvgIpc) is 3.18. The first-order valence-corrected chi connectivity index (χ1v) is 13.5. The molecule has 0 amide bonds. The third-order valence-electron chi connectivity index (χ3n) is 7.48. The molecule has 1 unspecified atom stereocenters. The van der Waals surface area contributed by atoms with Gasteiger partial charge in [0.2, 0.25) is 0 Å². The van der Waals surface area contributed by atoms with Crippen molar-refractivity contribution >= 4 is 23.4 Å². The first-order valence-electron chi connectivity index (χ1n) is 12.6. The van der Waals surface area contributed by atoms with Crippen LogP contribution in [-0.4, -0.2) is 28.3 Å². The van der Waals surface area contributed by atoms with E-state index in [2.05, 4.69) is 51.4 Å². The summed E-state index contributed by atoms with van der Waals surface area (Å²) in [4.78, 5) is 17.0. The van der Waals surface area contributed by atoms with Crippen molar-refractivity contribution in [3.05, 3.63) is 46.0 Å². The van der Waals surface area contributed by atoms with Gasteiger partial charge in [-0.2, -0.15) is 0 Å². The van der Waals surface area contributed by atoms with Gasteiger partial charge in [0.05, 0.1) is 23.2 Å². The van der Waals surface area contributed by atoms with Crippen LogP contribution in [0.3, 0.4) is 0 Å². The average molecular weight is 490 g/mol. The number of carbonyl (C=O) groups is 1. The number of rotatable bonds is 14. The number of aliphatic hydroxyl groups excluding tert-OH is 1. The van der Waals surface area contributed by atoms with Crippen molar-refractivity contribution in [1.82, 2.24) is 4.98 Å². The topological polar surface area (TPSA) is 59.4 Å². The third kappa shape index (κ3) is 9.14. The fraction of sp³-hybridized carbons (Fsp3) is 0.655. The molecule has 1 aromatic rings. The number of hydrogen-bond acceptors (Lipinski definition) is 5. The first-order chi connectivity index (χ1) is 15.8. The molecule has 0 saturated carbocycles. The minimum atomic E-state index is -0.857. The monoisotopic (exact) mass is 489 g/mol. The van der Waals surface area contributed by atoms with Crippen LogP contribution in [0.25, 0.3) is 6.08 Å². The van der Waals surface area contributed by atoms with E-state index >= 15 is 0 Å². The lowest BCUT2D eigenvalue weighted by molar-refractivity contribution is -0.150. The molecule has 0 bridgehead atoms. The summed E-state index contributed by atoms with van der Waals surface area (Å²) < 4.78 is 5.62. The Balaban J connectivity index is 2.68. The van der Waals surface area contributed by atoms with Gasteiger partial charge in [-0.1, -0.05) is 65.3 Å². The highest BCUT2D eigenvalue weighted by Crippen LogP contribution is 2.40. The number of nitrogens with zero attached hydrogens (tertiary/aromatic N) is 1. The molecule has 0 fully saturated rings. The standard InChI is InChI=1S/C29H47NO3S/c1-11-12-13-14-15-19(2)21(4)22(5)23(6)29(9,10)27(31)17-28(32)33-24(7)20(3)16-26-18-34-25(8)30-26/h11-12,16,18-19,21-22,24,27,31H,6,13-15,17H2,1-5,7-10H3/b12-11-,20-16+/t19-,21-,22+,24-,27?/m0/s1. The molecule has 5 heteroatoms. The molecule has 0 saturated heterocycles. The van der Waals surface area contributed by atoms with Crippen LogP contribution in [0.2, 0.25) is 0 Å². The van der Waals surface area contributed by atoms with Gasteiger partial charge in [0.25, 0.3) is 0 Å². The second-order valence-electron chi connectivity index (χ2n) is 10.4. The first kappa shape index (κ1) is 30.3. The number of carbonyl (C=O) groups excluding carboxylic acids is 1. The SMILES string of the molecule is C=C([C@H](C)[C@@H](C)[C@@H](C)CCC/C=C\C)C(C)(C)C(O)CC(=O)O[C@@H](C)/C(C)=C/c1csc(C)n1. The Bertz CT molecular complexity index is 851. The van der Waals surface area contributed by atoms with E-state index in [0.717, 1.165) is 28.3 Å². The van der Waals surface area contributed by atoms with Crippen LogP contribution in [0.5, 0.6) is 0 Å². The Morgan fingerprint density at radius 3 is 2.50 bits per heavy atom. The largest absolute Gasteiger partial charge is 0.458 e. The van der Waals surface area contributed by atoms with Crippen LogP contribution < -0.4 is 0 Å². The lowest BCUT2D eigenvalue weighted by atomic mass is 9.68. The predicted octanol–water partition coefficient (Wildman–Crippen LogP) is 7.77. The number of thiazole rings is 1. The molecule has 1 heterocycles. The third-order valence-corrected chi connectivity index (χ3v) is 8.28. The number of aliphatic hydroxyl groups is 1. The number of aromatic nitrogens is 1. The lowest BCUT2D eigenvalue weighted by Crippen LogP contribution is -2.37. The molecule has 0 radical (unpaired) electrons. The van der Waals surface area contributed by atoms with Crippen LogP contribution in [-0.2, 0) is 9.53 Å². The zero-order chi connectivity index (χ0) is 26.1. The molecular weight excluding hydrogens is 442 g/mol. The molecule has 0 spiro atoms. The summed E-state index contributed by atoms with van der Waals surface area (Å²) in [6.45, 7) is 22.9. The summed E-state index contributed by atoms with van der Waals surface area (Å²) in [5.74, 6) is 0.843. The van der Waals surface area contributed by atoms with E-state index in [9.17, 15) is 9.90 Å². The molecule has 0 aliphatic carbocycles. The quantitative estimate of drug-likeness (QED) is 0.165. The maximum absolute atomic E-state index is 12.6. The Morgan fingerprint density at radius 1 is 1.29 bits per heavy atom. The van der Waals surface area contributed by atoms with Crippen molar-refractivity contribution in [3.8, 4) is 0 Å². The lowest BCUT2D eigenvalue weighted by Gasteiger charge is -2.39. The van der Waals surface area contributed by atoms with Crippen LogP contribution in [0, 0.1) is 30.1 Å². The molecule has 0 aromatic carbocycles. The summed E-state index contributed by atoms with van der Waals surface area (Å²) in [5, 5.41) is 14.0. The second kappa shape index (κ2) is 14.0. The summed E-state index contributed by atoms with van der Waals surface area (Å²) in [6.07, 6.45) is 8.44. The minimum absolute atomic E-state index is 0.0561. The van der Waals surface area contributed by atoms with Gasteiger partial charge in [-0.05, 0) is 69.9 Å². The number of hydrogen-bond donors (Lipinski definition) is 1. The van der Waals surface area contributed by atoms with Crippen LogP contribution in [0.1, 0.15) is 91.8 Å². The Hall–Kier alpha value is -1.72. The van der Waals surface area contributed by atoms with Gasteiger partial charge in [-0.15, -0.1) is 11.3 Å². The summed E-state index contributed by atoms with van der Waals surface area (Å²) in [5.41, 5.74) is 2.19. The molecule has 0 aliphatic rings. The summed E-state index contributed by atoms with van der Waals surface area (Å²) in [6, 6.07) is 0. The van der Waals surface area contributed by atoms with Crippen molar-refractivity contribution in [2.45, 2.75) is 100 Å². The minimum Gasteiger partial charge on any atom is -0.458 e. The molecule has 4 nitrogen and oxygen atoms in total. The van der Waals surface area contributed by atoms with E-state index in [4.69, 9.17) is 4.74 Å². The fourth-order valence-electron chi connectivity index (χ4n) is 4.15. The number of ether oxygens (including phenoxy) is 1. The molecular formula is C29H47NO3S. The van der Waals surface area contributed by atoms with E-state index in [0.29, 0.717) is 11.8 Å². The van der Waals surface area contributed by atoms with E-state index in [1.165, 1.54) is 12.8 Å². The van der Waals surface area contributed by atoms with E-state index in [-0.39, 0.29) is 18.4 Å². The van der Waals surface area contributed by atoms with Gasteiger partial charge in [0, 0.05) is 10.8 Å². The smallest absolute Gasteiger partial charge is 0.309 e. The zero-order valence-electron chi connectivity index (χ0n) is 22.9. The molecule has 34 heavy (non-hydrogen) atoms. The van der Waals surface area contributed by atoms with Gasteiger partial charge >= 0.3 is 5.97 Å². The number of esters is 1. The van der Waals surface area contributed by atoms with Crippen LogP contribution in [0.15, 0.2) is 35.3 Å². The maximum atomic E-state index is 12.6. The van der Waals surface area contributed by atoms with Gasteiger partial charge in [0.1, 0.15) is 6.10 Å². The summed E-state index contributed by atoms with van der Waals surface area (Å²) in [7, 11) is 0. The van der Waals surface area contributed by atoms with E-state index in [1.54, 1.807) is 11.3 Å². The van der Waals surface area contributed by atoms with Crippen molar-refractivity contribution in [2.75, 3.05) is 0 Å². The highest BCUT2D eigenvalue weighted by molar-refractivity contribution is 7.09. The molecule has 192 valence electrons. The van der Waals surface area contributed by atoms with Crippen LogP contribution in [0.4, 0.5) is 0 Å². The highest BCUT2D eigenvalue weighted by atomic mass is 32.1. The van der Waals surface area contributed by atoms with Crippen molar-refractivity contribution < 1.29 is 14.6 Å². The van der Waals surface area contributed by atoms with Crippen LogP contribution >= 0.6 is 11.3 Å². The van der Waals surface area contributed by atoms with Crippen molar-refractivity contribution in [2.24, 2.45) is 23.2 Å². The summed E-state index contributed by atoms with van der Waals surface area (Å²) >= 11 is 1.59. The molecule has 5 atom stereocenters. The zero-order valence-corrected chi connectivity index (χ0v) is 23.7. The normalized spacial score (nSPS) is 17.3. The van der Waals surface area contributed by atoms with Gasteiger partial charge in [-0.25, -0.2) is 4.98 Å². The van der Waals surface area contributed by atoms with Crippen molar-refractivity contribution in [1.29, 1.82) is 0 Å². The van der Waals surface area contributed by atoms with Crippen molar-refractivity contribution in [3.63, 3.8) is 0 Å². The molecule has 0 aliphatic heterocycles. The molecule has 1 N–H and O–H groups in total. The van der Waals surface area contributed by atoms with Gasteiger partial charge in [-0.3, -0.25) is 4.79 Å². The number of allylic oxidation sites excluding steroid dienone is 2. The number of unbranched alkanes of at least 4 members (excludes halogenated alkanes) is 1. The highest BCUT2D eigenvalue weighted by Gasteiger charge is 2.37. The Kier molecular flexibility index (Phi) is 12.5. The fourth-order valence-corrected chi connectivity index (χ4v) is 4.72. The predicted molar refractivity (Wildman–Crippen MR) is 146 cm³/mol.